The van der Waals surface area contributed by atoms with Gasteiger partial charge in [-0.3, -0.25) is 4.90 Å². The first-order valence-corrected chi connectivity index (χ1v) is 5.69. The lowest BCUT2D eigenvalue weighted by atomic mass is 10.2. The first-order valence-electron chi connectivity index (χ1n) is 5.69. The summed E-state index contributed by atoms with van der Waals surface area (Å²) in [4.78, 5) is 1.06. The fourth-order valence-electron chi connectivity index (χ4n) is 1.63. The molecule has 0 radical (unpaired) electrons. The van der Waals surface area contributed by atoms with Gasteiger partial charge in [-0.25, -0.2) is 8.78 Å². The van der Waals surface area contributed by atoms with Gasteiger partial charge >= 0.3 is 6.18 Å². The van der Waals surface area contributed by atoms with Crippen molar-refractivity contribution in [2.45, 2.75) is 12.7 Å². The Kier molecular flexibility index (Phi) is 5.68. The first-order chi connectivity index (χ1) is 8.81. The van der Waals surface area contributed by atoms with E-state index < -0.39 is 24.4 Å². The number of nitrogens with zero attached hydrogens (tertiary/aromatic N) is 1. The van der Waals surface area contributed by atoms with Crippen molar-refractivity contribution in [3.05, 3.63) is 35.4 Å². The van der Waals surface area contributed by atoms with Crippen LogP contribution in [0.5, 0.6) is 0 Å². The molecule has 0 spiro atoms. The monoisotopic (exact) mass is 282 g/mol. The molecule has 19 heavy (non-hydrogen) atoms. The van der Waals surface area contributed by atoms with Gasteiger partial charge in [0.2, 0.25) is 0 Å². The van der Waals surface area contributed by atoms with E-state index in [0.717, 1.165) is 17.0 Å². The van der Waals surface area contributed by atoms with Crippen LogP contribution in [0.1, 0.15) is 5.56 Å². The third-order valence-corrected chi connectivity index (χ3v) is 2.49. The Morgan fingerprint density at radius 3 is 2.42 bits per heavy atom. The van der Waals surface area contributed by atoms with Crippen molar-refractivity contribution in [3.63, 3.8) is 0 Å². The quantitative estimate of drug-likeness (QED) is 0.807. The summed E-state index contributed by atoms with van der Waals surface area (Å²) in [6.45, 7) is -0.884. The van der Waals surface area contributed by atoms with Crippen LogP contribution >= 0.6 is 0 Å². The minimum absolute atomic E-state index is 0.0433. The molecule has 7 heteroatoms. The molecule has 0 amide bonds. The van der Waals surface area contributed by atoms with Crippen LogP contribution in [-0.2, 0) is 6.54 Å². The van der Waals surface area contributed by atoms with Gasteiger partial charge in [0, 0.05) is 31.3 Å². The molecule has 0 aliphatic rings. The normalized spacial score (nSPS) is 12.2. The van der Waals surface area contributed by atoms with Crippen LogP contribution in [0.15, 0.2) is 18.2 Å². The number of rotatable bonds is 6. The molecule has 0 aliphatic heterocycles. The molecule has 108 valence electrons. The fourth-order valence-corrected chi connectivity index (χ4v) is 1.63. The van der Waals surface area contributed by atoms with Crippen molar-refractivity contribution in [1.82, 2.24) is 10.2 Å². The molecule has 0 bridgehead atoms. The van der Waals surface area contributed by atoms with Gasteiger partial charge in [0.05, 0.1) is 6.54 Å². The molecule has 0 saturated carbocycles. The highest BCUT2D eigenvalue weighted by atomic mass is 19.4. The van der Waals surface area contributed by atoms with Crippen molar-refractivity contribution in [2.24, 2.45) is 0 Å². The largest absolute Gasteiger partial charge is 0.401 e. The van der Waals surface area contributed by atoms with E-state index in [1.165, 1.54) is 0 Å². The highest BCUT2D eigenvalue weighted by Gasteiger charge is 2.30. The van der Waals surface area contributed by atoms with Crippen LogP contribution in [0.25, 0.3) is 0 Å². The van der Waals surface area contributed by atoms with Crippen molar-refractivity contribution >= 4 is 0 Å². The summed E-state index contributed by atoms with van der Waals surface area (Å²) in [7, 11) is 1.62. The Labute approximate surface area is 108 Å². The number of likely N-dealkylation sites (N-methyl/N-ethyl adjacent to an activating group) is 1. The van der Waals surface area contributed by atoms with E-state index in [1.807, 2.05) is 0 Å². The van der Waals surface area contributed by atoms with Gasteiger partial charge in [-0.15, -0.1) is 0 Å². The second kappa shape index (κ2) is 6.81. The molecular weight excluding hydrogens is 267 g/mol. The second-order valence-corrected chi connectivity index (χ2v) is 4.17. The molecule has 1 aromatic carbocycles. The third kappa shape index (κ3) is 5.98. The lowest BCUT2D eigenvalue weighted by molar-refractivity contribution is -0.147. The molecule has 1 N–H and O–H groups in total. The molecule has 1 aromatic rings. The molecule has 0 aromatic heterocycles. The number of nitrogens with one attached hydrogen (secondary N) is 1. The summed E-state index contributed by atoms with van der Waals surface area (Å²) in [5.41, 5.74) is 0.0433. The lowest BCUT2D eigenvalue weighted by Crippen LogP contribution is -2.37. The zero-order chi connectivity index (χ0) is 14.5. The predicted molar refractivity (Wildman–Crippen MR) is 61.6 cm³/mol. The Balaban J connectivity index is 2.75. The predicted octanol–water partition coefficient (Wildman–Crippen LogP) is 2.55. The molecule has 1 rings (SSSR count). The van der Waals surface area contributed by atoms with Gasteiger partial charge in [0.25, 0.3) is 0 Å². The minimum atomic E-state index is -4.36. The maximum Gasteiger partial charge on any atom is 0.401 e. The minimum Gasteiger partial charge on any atom is -0.318 e. The van der Waals surface area contributed by atoms with Crippen LogP contribution in [-0.4, -0.2) is 37.8 Å². The van der Waals surface area contributed by atoms with Crippen molar-refractivity contribution < 1.29 is 22.0 Å². The summed E-state index contributed by atoms with van der Waals surface area (Å²) in [6, 6.07) is 2.86. The van der Waals surface area contributed by atoms with Gasteiger partial charge in [-0.05, 0) is 13.1 Å². The van der Waals surface area contributed by atoms with Crippen LogP contribution < -0.4 is 5.32 Å². The van der Waals surface area contributed by atoms with E-state index >= 15 is 0 Å². The van der Waals surface area contributed by atoms with Gasteiger partial charge < -0.3 is 5.32 Å². The molecule has 0 saturated heterocycles. The topological polar surface area (TPSA) is 15.3 Å². The molecular formula is C12H15F5N2. The van der Waals surface area contributed by atoms with Crippen LogP contribution in [0, 0.1) is 11.6 Å². The SMILES string of the molecule is CNCCN(Cc1ccc(F)cc1F)CC(F)(F)F. The van der Waals surface area contributed by atoms with E-state index in [9.17, 15) is 22.0 Å². The molecule has 2 nitrogen and oxygen atoms in total. The van der Waals surface area contributed by atoms with Gasteiger partial charge in [0.15, 0.2) is 0 Å². The van der Waals surface area contributed by atoms with E-state index in [2.05, 4.69) is 5.32 Å². The van der Waals surface area contributed by atoms with Gasteiger partial charge in [-0.1, -0.05) is 6.07 Å². The average molecular weight is 282 g/mol. The van der Waals surface area contributed by atoms with Gasteiger partial charge in [0.1, 0.15) is 11.6 Å². The highest BCUT2D eigenvalue weighted by molar-refractivity contribution is 5.18. The van der Waals surface area contributed by atoms with Crippen LogP contribution in [0.3, 0.4) is 0 Å². The number of halogens is 5. The number of hydrogen-bond donors (Lipinski definition) is 1. The van der Waals surface area contributed by atoms with E-state index in [-0.39, 0.29) is 18.7 Å². The van der Waals surface area contributed by atoms with Crippen molar-refractivity contribution in [2.75, 3.05) is 26.7 Å². The molecule has 0 heterocycles. The molecule has 0 unspecified atom stereocenters. The summed E-state index contributed by atoms with van der Waals surface area (Å²) in [5, 5.41) is 2.73. The Hall–Kier alpha value is -1.21. The molecule has 0 aliphatic carbocycles. The lowest BCUT2D eigenvalue weighted by Gasteiger charge is -2.23. The highest BCUT2D eigenvalue weighted by Crippen LogP contribution is 2.19. The Morgan fingerprint density at radius 2 is 1.89 bits per heavy atom. The first kappa shape index (κ1) is 15.8. The molecule has 0 fully saturated rings. The number of hydrogen-bond acceptors (Lipinski definition) is 2. The third-order valence-electron chi connectivity index (χ3n) is 2.49. The fraction of sp³-hybridized carbons (Fsp3) is 0.500. The maximum absolute atomic E-state index is 13.4. The van der Waals surface area contributed by atoms with E-state index in [1.54, 1.807) is 7.05 Å². The standard InChI is InChI=1S/C12H15F5N2/c1-18-4-5-19(8-12(15,16)17)7-9-2-3-10(13)6-11(9)14/h2-3,6,18H,4-5,7-8H2,1H3. The number of alkyl halides is 3. The Morgan fingerprint density at radius 1 is 1.21 bits per heavy atom. The zero-order valence-corrected chi connectivity index (χ0v) is 10.4. The Bertz CT molecular complexity index is 406. The average Bonchev–Trinajstić information content (AvgIpc) is 2.27. The van der Waals surface area contributed by atoms with Crippen molar-refractivity contribution in [3.8, 4) is 0 Å². The summed E-state index contributed by atoms with van der Waals surface area (Å²) in [6.07, 6.45) is -4.36. The summed E-state index contributed by atoms with van der Waals surface area (Å²) < 4.78 is 63.3. The molecule has 0 atom stereocenters. The zero-order valence-electron chi connectivity index (χ0n) is 10.4. The van der Waals surface area contributed by atoms with Crippen molar-refractivity contribution in [1.29, 1.82) is 0 Å². The smallest absolute Gasteiger partial charge is 0.318 e. The van der Waals surface area contributed by atoms with E-state index in [4.69, 9.17) is 0 Å². The van der Waals surface area contributed by atoms with Crippen LogP contribution in [0.4, 0.5) is 22.0 Å². The summed E-state index contributed by atoms with van der Waals surface area (Å²) in [5.74, 6) is -1.59. The maximum atomic E-state index is 13.4. The van der Waals surface area contributed by atoms with Crippen LogP contribution in [0.2, 0.25) is 0 Å². The number of benzene rings is 1. The second-order valence-electron chi connectivity index (χ2n) is 4.17. The van der Waals surface area contributed by atoms with Gasteiger partial charge in [-0.2, -0.15) is 13.2 Å². The van der Waals surface area contributed by atoms with E-state index in [0.29, 0.717) is 12.6 Å². The summed E-state index contributed by atoms with van der Waals surface area (Å²) >= 11 is 0.